The lowest BCUT2D eigenvalue weighted by Crippen LogP contribution is -2.18. The molecule has 0 heterocycles. The second-order valence-corrected chi connectivity index (χ2v) is 2.81. The first-order chi connectivity index (χ1) is 7.21. The van der Waals surface area contributed by atoms with Gasteiger partial charge in [0, 0.05) is 12.1 Å². The van der Waals surface area contributed by atoms with E-state index in [-0.39, 0.29) is 12.4 Å². The van der Waals surface area contributed by atoms with Crippen LogP contribution in [0.25, 0.3) is 0 Å². The second kappa shape index (κ2) is 5.09. The smallest absolute Gasteiger partial charge is 0.326 e. The van der Waals surface area contributed by atoms with Gasteiger partial charge in [0.2, 0.25) is 0 Å². The summed E-state index contributed by atoms with van der Waals surface area (Å²) in [6.07, 6.45) is -5.52. The van der Waals surface area contributed by atoms with E-state index in [4.69, 9.17) is 5.73 Å². The molecule has 1 nitrogen and oxygen atoms in total. The van der Waals surface area contributed by atoms with E-state index in [0.29, 0.717) is 0 Å². The lowest BCUT2D eigenvalue weighted by molar-refractivity contribution is -0.143. The van der Waals surface area contributed by atoms with Gasteiger partial charge in [-0.05, 0) is 0 Å². The number of alkyl halides is 3. The third kappa shape index (κ3) is 2.63. The van der Waals surface area contributed by atoms with Crippen LogP contribution in [0.3, 0.4) is 0 Å². The molecule has 98 valence electrons. The molecule has 0 aromatic heterocycles. The lowest BCUT2D eigenvalue weighted by Gasteiger charge is -2.12. The highest BCUT2D eigenvalue weighted by molar-refractivity contribution is 5.85. The molecule has 0 atom stereocenters. The molecule has 0 unspecified atom stereocenters. The van der Waals surface area contributed by atoms with E-state index >= 15 is 0 Å². The van der Waals surface area contributed by atoms with E-state index in [1.807, 2.05) is 0 Å². The Morgan fingerprint density at radius 2 is 1.18 bits per heavy atom. The van der Waals surface area contributed by atoms with Crippen LogP contribution >= 0.6 is 12.4 Å². The molecular formula is C8H5ClF7N. The van der Waals surface area contributed by atoms with Crippen LogP contribution < -0.4 is 5.73 Å². The molecule has 0 spiro atoms. The minimum atomic E-state index is -5.52. The van der Waals surface area contributed by atoms with Crippen molar-refractivity contribution in [2.24, 2.45) is 5.73 Å². The molecule has 0 aliphatic rings. The zero-order chi connectivity index (χ0) is 12.7. The first-order valence-corrected chi connectivity index (χ1v) is 3.83. The summed E-state index contributed by atoms with van der Waals surface area (Å²) in [6, 6.07) is 0. The maximum atomic E-state index is 12.9. The summed E-state index contributed by atoms with van der Waals surface area (Å²) in [5, 5.41) is 0. The van der Waals surface area contributed by atoms with Gasteiger partial charge in [-0.1, -0.05) is 0 Å². The summed E-state index contributed by atoms with van der Waals surface area (Å²) in [4.78, 5) is 0. The molecule has 1 rings (SSSR count). The number of hydrogen-bond acceptors (Lipinski definition) is 1. The van der Waals surface area contributed by atoms with Crippen LogP contribution in [0.15, 0.2) is 0 Å². The Bertz CT molecular complexity index is 400. The van der Waals surface area contributed by atoms with Gasteiger partial charge in [0.15, 0.2) is 23.3 Å². The SMILES string of the molecule is Cl.NCc1c(F)c(F)c(C(F)(F)F)c(F)c1F. The van der Waals surface area contributed by atoms with Crippen LogP contribution in [0.5, 0.6) is 0 Å². The minimum Gasteiger partial charge on any atom is -0.326 e. The van der Waals surface area contributed by atoms with E-state index in [1.165, 1.54) is 0 Å². The van der Waals surface area contributed by atoms with E-state index in [2.05, 4.69) is 0 Å². The number of rotatable bonds is 1. The molecule has 17 heavy (non-hydrogen) atoms. The number of nitrogens with two attached hydrogens (primary N) is 1. The molecule has 0 aliphatic heterocycles. The zero-order valence-corrected chi connectivity index (χ0v) is 8.65. The van der Waals surface area contributed by atoms with Crippen molar-refractivity contribution in [2.45, 2.75) is 12.7 Å². The molecule has 9 heteroatoms. The number of hydrogen-bond donors (Lipinski definition) is 1. The van der Waals surface area contributed by atoms with Gasteiger partial charge < -0.3 is 5.73 Å². The van der Waals surface area contributed by atoms with E-state index in [9.17, 15) is 30.7 Å². The van der Waals surface area contributed by atoms with Crippen LogP contribution in [-0.2, 0) is 12.7 Å². The molecule has 0 saturated heterocycles. The van der Waals surface area contributed by atoms with E-state index < -0.39 is 47.1 Å². The Morgan fingerprint density at radius 3 is 1.41 bits per heavy atom. The van der Waals surface area contributed by atoms with Crippen molar-refractivity contribution in [1.82, 2.24) is 0 Å². The monoisotopic (exact) mass is 283 g/mol. The fraction of sp³-hybridized carbons (Fsp3) is 0.250. The minimum absolute atomic E-state index is 0. The van der Waals surface area contributed by atoms with Crippen molar-refractivity contribution < 1.29 is 30.7 Å². The van der Waals surface area contributed by atoms with Crippen molar-refractivity contribution >= 4 is 12.4 Å². The summed E-state index contributed by atoms with van der Waals surface area (Å²) >= 11 is 0. The average molecular weight is 284 g/mol. The molecule has 0 amide bonds. The summed E-state index contributed by atoms with van der Waals surface area (Å²) in [5.41, 5.74) is 0.895. The molecule has 1 aromatic rings. The molecule has 2 N–H and O–H groups in total. The first kappa shape index (κ1) is 16.0. The maximum Gasteiger partial charge on any atom is 0.422 e. The van der Waals surface area contributed by atoms with Gasteiger partial charge >= 0.3 is 6.18 Å². The van der Waals surface area contributed by atoms with Gasteiger partial charge in [-0.3, -0.25) is 0 Å². The fourth-order valence-electron chi connectivity index (χ4n) is 1.11. The Hall–Kier alpha value is -1.02. The number of benzene rings is 1. The summed E-state index contributed by atoms with van der Waals surface area (Å²) in [5.74, 6) is -9.25. The third-order valence-electron chi connectivity index (χ3n) is 1.84. The van der Waals surface area contributed by atoms with Gasteiger partial charge in [-0.15, -0.1) is 12.4 Å². The van der Waals surface area contributed by atoms with Gasteiger partial charge in [-0.2, -0.15) is 13.2 Å². The van der Waals surface area contributed by atoms with Gasteiger partial charge in [0.25, 0.3) is 0 Å². The molecule has 0 saturated carbocycles. The molecule has 1 aromatic carbocycles. The Labute approximate surface area is 96.8 Å². The lowest BCUT2D eigenvalue weighted by atomic mass is 10.1. The maximum absolute atomic E-state index is 12.9. The highest BCUT2D eigenvalue weighted by Gasteiger charge is 2.41. The quantitative estimate of drug-likeness (QED) is 0.622. The van der Waals surface area contributed by atoms with Crippen LogP contribution in [0.1, 0.15) is 11.1 Å². The number of halogens is 8. The van der Waals surface area contributed by atoms with Crippen molar-refractivity contribution in [1.29, 1.82) is 0 Å². The van der Waals surface area contributed by atoms with E-state index in [1.54, 1.807) is 0 Å². The Morgan fingerprint density at radius 1 is 0.824 bits per heavy atom. The van der Waals surface area contributed by atoms with Crippen molar-refractivity contribution in [3.05, 3.63) is 34.4 Å². The summed E-state index contributed by atoms with van der Waals surface area (Å²) in [6.45, 7) is -0.955. The molecule has 0 bridgehead atoms. The second-order valence-electron chi connectivity index (χ2n) is 2.81. The summed E-state index contributed by atoms with van der Waals surface area (Å²) in [7, 11) is 0. The average Bonchev–Trinajstić information content (AvgIpc) is 2.14. The van der Waals surface area contributed by atoms with Crippen LogP contribution in [-0.4, -0.2) is 0 Å². The zero-order valence-electron chi connectivity index (χ0n) is 7.84. The van der Waals surface area contributed by atoms with Crippen LogP contribution in [0, 0.1) is 23.3 Å². The molecule has 0 aliphatic carbocycles. The topological polar surface area (TPSA) is 26.0 Å². The molecular weight excluding hydrogens is 279 g/mol. The standard InChI is InChI=1S/C8H4F7N.ClH/c9-4-2(1-16)5(10)7(12)3(6(4)11)8(13,14)15;/h1,16H2;1H. The van der Waals surface area contributed by atoms with Gasteiger partial charge in [0.05, 0.1) is 0 Å². The predicted molar refractivity (Wildman–Crippen MR) is 46.4 cm³/mol. The molecule has 0 fully saturated rings. The molecule has 0 radical (unpaired) electrons. The van der Waals surface area contributed by atoms with Crippen LogP contribution in [0.2, 0.25) is 0 Å². The van der Waals surface area contributed by atoms with Crippen molar-refractivity contribution in [2.75, 3.05) is 0 Å². The van der Waals surface area contributed by atoms with Gasteiger partial charge in [0.1, 0.15) is 5.56 Å². The highest BCUT2D eigenvalue weighted by Crippen LogP contribution is 2.36. The Balaban J connectivity index is 0.00000256. The van der Waals surface area contributed by atoms with Gasteiger partial charge in [-0.25, -0.2) is 17.6 Å². The van der Waals surface area contributed by atoms with Crippen LogP contribution in [0.4, 0.5) is 30.7 Å². The first-order valence-electron chi connectivity index (χ1n) is 3.83. The summed E-state index contributed by atoms with van der Waals surface area (Å²) < 4.78 is 87.6. The van der Waals surface area contributed by atoms with E-state index in [0.717, 1.165) is 0 Å². The highest BCUT2D eigenvalue weighted by atomic mass is 35.5. The largest absolute Gasteiger partial charge is 0.422 e. The predicted octanol–water partition coefficient (Wildman–Crippen LogP) is 3.14. The van der Waals surface area contributed by atoms with Crippen molar-refractivity contribution in [3.8, 4) is 0 Å². The third-order valence-corrected chi connectivity index (χ3v) is 1.84. The Kier molecular flexibility index (Phi) is 4.79. The van der Waals surface area contributed by atoms with Crippen molar-refractivity contribution in [3.63, 3.8) is 0 Å². The fourth-order valence-corrected chi connectivity index (χ4v) is 1.11. The normalized spacial score (nSPS) is 11.3.